The normalized spacial score (nSPS) is 14.2. The number of fused-ring (bicyclic) bond motifs is 1. The zero-order valence-corrected chi connectivity index (χ0v) is 15.6. The van der Waals surface area contributed by atoms with Gasteiger partial charge in [0.05, 0.1) is 6.61 Å². The van der Waals surface area contributed by atoms with E-state index in [1.807, 2.05) is 6.07 Å². The highest BCUT2D eigenvalue weighted by atomic mass is 16.5. The van der Waals surface area contributed by atoms with E-state index in [4.69, 9.17) is 9.15 Å². The fraction of sp³-hybridized carbons (Fsp3) is 0.500. The molecular weight excluding hydrogens is 332 g/mol. The minimum atomic E-state index is -0.526. The minimum Gasteiger partial charge on any atom is -0.450 e. The van der Waals surface area contributed by atoms with Crippen molar-refractivity contribution in [3.05, 3.63) is 40.2 Å². The standard InChI is InChI=1S/C20H26N2O4/c1-4-25-20(24)21-15-5-8-17-14(9-19(23)26-18(17)10-15)12-22(11-13(2)3)16-6-7-16/h5,8-10,13,16H,4,6-7,11-12H2,1-3H3,(H,21,24). The van der Waals surface area contributed by atoms with Gasteiger partial charge in [-0.1, -0.05) is 13.8 Å². The second kappa shape index (κ2) is 7.91. The second-order valence-corrected chi connectivity index (χ2v) is 7.20. The van der Waals surface area contributed by atoms with Crippen LogP contribution < -0.4 is 10.9 Å². The van der Waals surface area contributed by atoms with E-state index in [9.17, 15) is 9.59 Å². The van der Waals surface area contributed by atoms with Gasteiger partial charge in [0.1, 0.15) is 5.58 Å². The number of carbonyl (C=O) groups is 1. The van der Waals surface area contributed by atoms with Crippen LogP contribution in [0.3, 0.4) is 0 Å². The van der Waals surface area contributed by atoms with Crippen molar-refractivity contribution in [2.75, 3.05) is 18.5 Å². The Kier molecular flexibility index (Phi) is 5.61. The summed E-state index contributed by atoms with van der Waals surface area (Å²) in [7, 11) is 0. The first kappa shape index (κ1) is 18.5. The molecule has 1 aromatic heterocycles. The maximum Gasteiger partial charge on any atom is 0.411 e. The summed E-state index contributed by atoms with van der Waals surface area (Å²) in [6.07, 6.45) is 1.92. The van der Waals surface area contributed by atoms with Crippen LogP contribution in [0.25, 0.3) is 11.0 Å². The third-order valence-corrected chi connectivity index (χ3v) is 4.39. The van der Waals surface area contributed by atoms with E-state index in [1.165, 1.54) is 12.8 Å². The van der Waals surface area contributed by atoms with Crippen LogP contribution in [0.15, 0.2) is 33.5 Å². The first-order chi connectivity index (χ1) is 12.5. The van der Waals surface area contributed by atoms with Gasteiger partial charge in [-0.3, -0.25) is 10.2 Å². The Bertz CT molecular complexity index is 839. The molecule has 3 rings (SSSR count). The lowest BCUT2D eigenvalue weighted by atomic mass is 10.1. The van der Waals surface area contributed by atoms with Crippen LogP contribution in [0.5, 0.6) is 0 Å². The Morgan fingerprint density at radius 3 is 2.77 bits per heavy atom. The molecule has 0 spiro atoms. The van der Waals surface area contributed by atoms with Crippen molar-refractivity contribution < 1.29 is 13.9 Å². The number of anilines is 1. The van der Waals surface area contributed by atoms with E-state index >= 15 is 0 Å². The molecule has 0 atom stereocenters. The predicted molar refractivity (Wildman–Crippen MR) is 101 cm³/mol. The van der Waals surface area contributed by atoms with Gasteiger partial charge in [0.15, 0.2) is 0 Å². The summed E-state index contributed by atoms with van der Waals surface area (Å²) in [5.74, 6) is 0.572. The van der Waals surface area contributed by atoms with Crippen molar-refractivity contribution >= 4 is 22.7 Å². The van der Waals surface area contributed by atoms with E-state index in [0.29, 0.717) is 29.8 Å². The topological polar surface area (TPSA) is 71.8 Å². The molecule has 0 radical (unpaired) electrons. The number of nitrogens with one attached hydrogen (secondary N) is 1. The zero-order chi connectivity index (χ0) is 18.7. The molecule has 1 saturated carbocycles. The van der Waals surface area contributed by atoms with Crippen molar-refractivity contribution in [1.29, 1.82) is 0 Å². The van der Waals surface area contributed by atoms with Crippen LogP contribution in [-0.4, -0.2) is 30.2 Å². The van der Waals surface area contributed by atoms with Gasteiger partial charge in [-0.15, -0.1) is 0 Å². The average Bonchev–Trinajstić information content (AvgIpc) is 3.38. The number of rotatable bonds is 7. The predicted octanol–water partition coefficient (Wildman–Crippen LogP) is 3.98. The van der Waals surface area contributed by atoms with Gasteiger partial charge in [0.25, 0.3) is 0 Å². The molecule has 0 saturated heterocycles. The van der Waals surface area contributed by atoms with Gasteiger partial charge in [-0.05, 0) is 43.4 Å². The van der Waals surface area contributed by atoms with E-state index < -0.39 is 6.09 Å². The Morgan fingerprint density at radius 2 is 2.12 bits per heavy atom. The molecule has 1 amide bonds. The van der Waals surface area contributed by atoms with Gasteiger partial charge >= 0.3 is 11.7 Å². The molecule has 26 heavy (non-hydrogen) atoms. The van der Waals surface area contributed by atoms with Gasteiger partial charge in [-0.2, -0.15) is 0 Å². The molecule has 140 valence electrons. The number of ether oxygens (including phenoxy) is 1. The second-order valence-electron chi connectivity index (χ2n) is 7.20. The minimum absolute atomic E-state index is 0.297. The number of hydrogen-bond donors (Lipinski definition) is 1. The highest BCUT2D eigenvalue weighted by Gasteiger charge is 2.29. The van der Waals surface area contributed by atoms with Crippen LogP contribution in [0.1, 0.15) is 39.2 Å². The summed E-state index contributed by atoms with van der Waals surface area (Å²) in [5, 5.41) is 3.53. The van der Waals surface area contributed by atoms with Crippen LogP contribution in [0, 0.1) is 5.92 Å². The number of carbonyl (C=O) groups excluding carboxylic acids is 1. The molecule has 1 N–H and O–H groups in total. The SMILES string of the molecule is CCOC(=O)Nc1ccc2c(CN(CC(C)C)C3CC3)cc(=O)oc2c1. The molecule has 0 bridgehead atoms. The summed E-state index contributed by atoms with van der Waals surface area (Å²) in [4.78, 5) is 26.1. The van der Waals surface area contributed by atoms with Gasteiger partial charge in [0.2, 0.25) is 0 Å². The van der Waals surface area contributed by atoms with Gasteiger partial charge in [-0.25, -0.2) is 9.59 Å². The first-order valence-corrected chi connectivity index (χ1v) is 9.21. The van der Waals surface area contributed by atoms with E-state index in [2.05, 4.69) is 24.1 Å². The molecule has 1 heterocycles. The molecule has 6 nitrogen and oxygen atoms in total. The summed E-state index contributed by atoms with van der Waals surface area (Å²) in [5.41, 5.74) is 1.60. The van der Waals surface area contributed by atoms with Crippen molar-refractivity contribution in [2.45, 2.75) is 46.2 Å². The fourth-order valence-corrected chi connectivity index (χ4v) is 3.19. The number of amides is 1. The molecule has 0 aliphatic heterocycles. The van der Waals surface area contributed by atoms with Gasteiger partial charge < -0.3 is 9.15 Å². The monoisotopic (exact) mass is 358 g/mol. The molecule has 0 unspecified atom stereocenters. The quantitative estimate of drug-likeness (QED) is 0.758. The van der Waals surface area contributed by atoms with Crippen LogP contribution in [0.2, 0.25) is 0 Å². The molecule has 1 fully saturated rings. The highest BCUT2D eigenvalue weighted by molar-refractivity contribution is 5.89. The van der Waals surface area contributed by atoms with Crippen LogP contribution in [-0.2, 0) is 11.3 Å². The summed E-state index contributed by atoms with van der Waals surface area (Å²) in [6.45, 7) is 8.20. The lowest BCUT2D eigenvalue weighted by Gasteiger charge is -2.24. The lowest BCUT2D eigenvalue weighted by Crippen LogP contribution is -2.29. The fourth-order valence-electron chi connectivity index (χ4n) is 3.19. The summed E-state index contributed by atoms with van der Waals surface area (Å²) >= 11 is 0. The molecule has 2 aromatic rings. The molecule has 1 aliphatic rings. The number of benzene rings is 1. The van der Waals surface area contributed by atoms with Crippen molar-refractivity contribution in [2.24, 2.45) is 5.92 Å². The maximum absolute atomic E-state index is 12.0. The van der Waals surface area contributed by atoms with E-state index in [-0.39, 0.29) is 5.63 Å². The molecule has 1 aliphatic carbocycles. The van der Waals surface area contributed by atoms with Crippen LogP contribution in [0.4, 0.5) is 10.5 Å². The Morgan fingerprint density at radius 1 is 1.35 bits per heavy atom. The van der Waals surface area contributed by atoms with Crippen LogP contribution >= 0.6 is 0 Å². The van der Waals surface area contributed by atoms with Gasteiger partial charge in [0, 0.05) is 42.3 Å². The van der Waals surface area contributed by atoms with Crippen molar-refractivity contribution in [3.8, 4) is 0 Å². The molecule has 1 aromatic carbocycles. The molecular formula is C20H26N2O4. The van der Waals surface area contributed by atoms with Crippen molar-refractivity contribution in [3.63, 3.8) is 0 Å². The van der Waals surface area contributed by atoms with E-state index in [0.717, 1.165) is 24.0 Å². The maximum atomic E-state index is 12.0. The highest BCUT2D eigenvalue weighted by Crippen LogP contribution is 2.30. The lowest BCUT2D eigenvalue weighted by molar-refractivity contribution is 0.168. The molecule has 6 heteroatoms. The Labute approximate surface area is 153 Å². The zero-order valence-electron chi connectivity index (χ0n) is 15.6. The number of hydrogen-bond acceptors (Lipinski definition) is 5. The average molecular weight is 358 g/mol. The number of nitrogens with zero attached hydrogens (tertiary/aromatic N) is 1. The Balaban J connectivity index is 1.88. The van der Waals surface area contributed by atoms with Crippen molar-refractivity contribution in [1.82, 2.24) is 4.90 Å². The third kappa shape index (κ3) is 4.64. The Hall–Kier alpha value is -2.34. The summed E-state index contributed by atoms with van der Waals surface area (Å²) < 4.78 is 10.2. The largest absolute Gasteiger partial charge is 0.450 e. The third-order valence-electron chi connectivity index (χ3n) is 4.39. The summed E-state index contributed by atoms with van der Waals surface area (Å²) in [6, 6.07) is 7.55. The first-order valence-electron chi connectivity index (χ1n) is 9.21. The van der Waals surface area contributed by atoms with E-state index in [1.54, 1.807) is 25.1 Å². The smallest absolute Gasteiger partial charge is 0.411 e.